The molecule has 1 aliphatic carbocycles. The van der Waals surface area contributed by atoms with Gasteiger partial charge in [-0.15, -0.1) is 0 Å². The molecule has 0 bridgehead atoms. The quantitative estimate of drug-likeness (QED) is 0.897. The summed E-state index contributed by atoms with van der Waals surface area (Å²) in [5, 5.41) is 13.8. The van der Waals surface area contributed by atoms with E-state index in [-0.39, 0.29) is 6.54 Å². The van der Waals surface area contributed by atoms with Gasteiger partial charge in [-0.3, -0.25) is 4.90 Å². The van der Waals surface area contributed by atoms with E-state index in [9.17, 15) is 9.90 Å². The second-order valence-electron chi connectivity index (χ2n) is 6.80. The Morgan fingerprint density at radius 1 is 1.43 bits per heavy atom. The van der Waals surface area contributed by atoms with Gasteiger partial charge in [-0.25, -0.2) is 4.79 Å². The van der Waals surface area contributed by atoms with E-state index in [1.807, 2.05) is 20.8 Å². The number of hydrogen-bond acceptors (Lipinski definition) is 6. The van der Waals surface area contributed by atoms with Crippen LogP contribution in [0.1, 0.15) is 63.7 Å². The molecule has 1 aliphatic heterocycles. The molecule has 2 heterocycles. The van der Waals surface area contributed by atoms with Crippen LogP contribution >= 0.6 is 0 Å². The molecule has 0 aromatic carbocycles. The minimum Gasteiger partial charge on any atom is -0.444 e. The molecule has 2 atom stereocenters. The number of aromatic nitrogens is 2. The van der Waals surface area contributed by atoms with Crippen molar-refractivity contribution in [1.29, 1.82) is 0 Å². The number of amides is 1. The van der Waals surface area contributed by atoms with Crippen molar-refractivity contribution in [3.63, 3.8) is 0 Å². The van der Waals surface area contributed by atoms with E-state index in [4.69, 9.17) is 9.26 Å². The van der Waals surface area contributed by atoms with Crippen LogP contribution in [0.5, 0.6) is 0 Å². The molecule has 1 N–H and O–H groups in total. The number of aliphatic hydroxyl groups excluding tert-OH is 1. The zero-order valence-corrected chi connectivity index (χ0v) is 12.6. The van der Waals surface area contributed by atoms with E-state index in [1.165, 1.54) is 4.90 Å². The third-order valence-corrected chi connectivity index (χ3v) is 3.59. The molecule has 0 unspecified atom stereocenters. The largest absolute Gasteiger partial charge is 0.444 e. The predicted molar refractivity (Wildman–Crippen MR) is 72.6 cm³/mol. The number of aliphatic hydroxyl groups is 1. The highest BCUT2D eigenvalue weighted by molar-refractivity contribution is 5.69. The molecule has 2 aliphatic rings. The maximum atomic E-state index is 12.2. The predicted octanol–water partition coefficient (Wildman–Crippen LogP) is 1.99. The Bertz CT molecular complexity index is 533. The van der Waals surface area contributed by atoms with Gasteiger partial charge in [-0.2, -0.15) is 4.98 Å². The van der Waals surface area contributed by atoms with Gasteiger partial charge in [0, 0.05) is 12.3 Å². The van der Waals surface area contributed by atoms with Crippen LogP contribution in [0, 0.1) is 0 Å². The fourth-order valence-electron chi connectivity index (χ4n) is 2.46. The molecule has 1 saturated heterocycles. The molecule has 1 aromatic rings. The zero-order chi connectivity index (χ0) is 15.2. The first-order chi connectivity index (χ1) is 9.83. The Hall–Kier alpha value is -1.63. The number of rotatable bonds is 2. The van der Waals surface area contributed by atoms with Gasteiger partial charge in [0.05, 0.1) is 12.6 Å². The molecular formula is C14H21N3O4. The van der Waals surface area contributed by atoms with Crippen molar-refractivity contribution in [2.24, 2.45) is 0 Å². The average molecular weight is 295 g/mol. The van der Waals surface area contributed by atoms with Crippen molar-refractivity contribution in [2.45, 2.75) is 63.7 Å². The molecule has 3 rings (SSSR count). The summed E-state index contributed by atoms with van der Waals surface area (Å²) in [6.07, 6.45) is 1.50. The van der Waals surface area contributed by atoms with Crippen LogP contribution in [0.15, 0.2) is 4.52 Å². The van der Waals surface area contributed by atoms with Gasteiger partial charge in [-0.05, 0) is 33.6 Å². The lowest BCUT2D eigenvalue weighted by Crippen LogP contribution is -2.37. The third-order valence-electron chi connectivity index (χ3n) is 3.59. The molecule has 1 saturated carbocycles. The standard InChI is InChI=1S/C14H21N3O4/c1-14(2,3)20-13(19)17-7-9(18)6-10(17)12-15-11(16-21-12)8-4-5-8/h8-10,18H,4-7H2,1-3H3/t9-,10+/m1/s1. The van der Waals surface area contributed by atoms with Crippen LogP contribution in [0.25, 0.3) is 0 Å². The Labute approximate surface area is 123 Å². The van der Waals surface area contributed by atoms with E-state index >= 15 is 0 Å². The maximum Gasteiger partial charge on any atom is 0.411 e. The van der Waals surface area contributed by atoms with Gasteiger partial charge in [0.25, 0.3) is 0 Å². The summed E-state index contributed by atoms with van der Waals surface area (Å²) in [7, 11) is 0. The zero-order valence-electron chi connectivity index (χ0n) is 12.6. The number of hydrogen-bond donors (Lipinski definition) is 1. The second kappa shape index (κ2) is 4.98. The van der Waals surface area contributed by atoms with Gasteiger partial charge in [0.1, 0.15) is 11.6 Å². The lowest BCUT2D eigenvalue weighted by Gasteiger charge is -2.26. The summed E-state index contributed by atoms with van der Waals surface area (Å²) in [5.74, 6) is 1.48. The maximum absolute atomic E-state index is 12.2. The highest BCUT2D eigenvalue weighted by Crippen LogP contribution is 2.40. The average Bonchev–Trinajstić information content (AvgIpc) is 2.96. The minimum absolute atomic E-state index is 0.223. The van der Waals surface area contributed by atoms with Gasteiger partial charge in [0.2, 0.25) is 5.89 Å². The number of carbonyl (C=O) groups is 1. The lowest BCUT2D eigenvalue weighted by atomic mass is 10.2. The van der Waals surface area contributed by atoms with Crippen LogP contribution in [0.4, 0.5) is 4.79 Å². The van der Waals surface area contributed by atoms with Gasteiger partial charge >= 0.3 is 6.09 Å². The molecule has 2 fully saturated rings. The normalized spacial score (nSPS) is 26.2. The van der Waals surface area contributed by atoms with E-state index in [2.05, 4.69) is 10.1 Å². The second-order valence-corrected chi connectivity index (χ2v) is 6.80. The summed E-state index contributed by atoms with van der Waals surface area (Å²) >= 11 is 0. The summed E-state index contributed by atoms with van der Waals surface area (Å²) in [6.45, 7) is 5.65. The molecule has 1 amide bonds. The van der Waals surface area contributed by atoms with E-state index in [0.717, 1.165) is 12.8 Å². The van der Waals surface area contributed by atoms with Crippen molar-refractivity contribution < 1.29 is 19.2 Å². The summed E-state index contributed by atoms with van der Waals surface area (Å²) in [6, 6.07) is -0.408. The first-order valence-corrected chi connectivity index (χ1v) is 7.34. The van der Waals surface area contributed by atoms with Crippen LogP contribution in [-0.2, 0) is 4.74 Å². The molecular weight excluding hydrogens is 274 g/mol. The summed E-state index contributed by atoms with van der Waals surface area (Å²) < 4.78 is 10.7. The Morgan fingerprint density at radius 2 is 2.14 bits per heavy atom. The van der Waals surface area contributed by atoms with Crippen molar-refractivity contribution in [3.05, 3.63) is 11.7 Å². The summed E-state index contributed by atoms with van der Waals surface area (Å²) in [4.78, 5) is 18.1. The molecule has 1 aromatic heterocycles. The van der Waals surface area contributed by atoms with Crippen molar-refractivity contribution in [1.82, 2.24) is 15.0 Å². The fourth-order valence-corrected chi connectivity index (χ4v) is 2.46. The van der Waals surface area contributed by atoms with E-state index in [1.54, 1.807) is 0 Å². The molecule has 116 valence electrons. The van der Waals surface area contributed by atoms with Crippen molar-refractivity contribution in [2.75, 3.05) is 6.54 Å². The van der Waals surface area contributed by atoms with Gasteiger partial charge in [0.15, 0.2) is 5.82 Å². The Morgan fingerprint density at radius 3 is 2.76 bits per heavy atom. The van der Waals surface area contributed by atoms with Crippen molar-refractivity contribution >= 4 is 6.09 Å². The Kier molecular flexibility index (Phi) is 3.39. The first-order valence-electron chi connectivity index (χ1n) is 7.34. The fraction of sp³-hybridized carbons (Fsp3) is 0.786. The van der Waals surface area contributed by atoms with Crippen LogP contribution in [0.2, 0.25) is 0 Å². The minimum atomic E-state index is -0.598. The van der Waals surface area contributed by atoms with Gasteiger partial charge < -0.3 is 14.4 Å². The lowest BCUT2D eigenvalue weighted by molar-refractivity contribution is 0.0184. The number of ether oxygens (including phenoxy) is 1. The number of β-amino-alcohol motifs (C(OH)–C–C–N with tert-alkyl or cyclic N) is 1. The van der Waals surface area contributed by atoms with Gasteiger partial charge in [-0.1, -0.05) is 5.16 Å². The first kappa shape index (κ1) is 14.3. The third kappa shape index (κ3) is 3.18. The monoisotopic (exact) mass is 295 g/mol. The SMILES string of the molecule is CC(C)(C)OC(=O)N1C[C@H](O)C[C@H]1c1nc(C2CC2)no1. The summed E-state index contributed by atoms with van der Waals surface area (Å²) in [5.41, 5.74) is -0.580. The topological polar surface area (TPSA) is 88.7 Å². The molecule has 7 heteroatoms. The number of likely N-dealkylation sites (tertiary alicyclic amines) is 1. The molecule has 7 nitrogen and oxygen atoms in total. The van der Waals surface area contributed by atoms with Crippen LogP contribution in [-0.4, -0.2) is 44.5 Å². The Balaban J connectivity index is 1.76. The van der Waals surface area contributed by atoms with Crippen molar-refractivity contribution in [3.8, 4) is 0 Å². The number of nitrogens with zero attached hydrogens (tertiary/aromatic N) is 3. The van der Waals surface area contributed by atoms with E-state index in [0.29, 0.717) is 24.1 Å². The smallest absolute Gasteiger partial charge is 0.411 e. The highest BCUT2D eigenvalue weighted by atomic mass is 16.6. The van der Waals surface area contributed by atoms with Crippen LogP contribution < -0.4 is 0 Å². The van der Waals surface area contributed by atoms with E-state index < -0.39 is 23.8 Å². The molecule has 0 radical (unpaired) electrons. The van der Waals surface area contributed by atoms with Crippen LogP contribution in [0.3, 0.4) is 0 Å². The molecule has 0 spiro atoms. The highest BCUT2D eigenvalue weighted by Gasteiger charge is 2.41. The molecule has 21 heavy (non-hydrogen) atoms. The number of carbonyl (C=O) groups excluding carboxylic acids is 1.